The van der Waals surface area contributed by atoms with Gasteiger partial charge in [0.05, 0.1) is 19.4 Å². The van der Waals surface area contributed by atoms with Crippen LogP contribution in [0, 0.1) is 0 Å². The molecular formula is C16H22N2O2. The van der Waals surface area contributed by atoms with Crippen molar-refractivity contribution in [3.05, 3.63) is 36.0 Å². The lowest BCUT2D eigenvalue weighted by Gasteiger charge is -2.13. The van der Waals surface area contributed by atoms with Crippen LogP contribution >= 0.6 is 0 Å². The van der Waals surface area contributed by atoms with E-state index < -0.39 is 0 Å². The van der Waals surface area contributed by atoms with Gasteiger partial charge in [0.1, 0.15) is 11.3 Å². The van der Waals surface area contributed by atoms with Crippen LogP contribution in [-0.4, -0.2) is 31.3 Å². The highest BCUT2D eigenvalue weighted by molar-refractivity contribution is 5.84. The van der Waals surface area contributed by atoms with Gasteiger partial charge in [0.2, 0.25) is 0 Å². The Morgan fingerprint density at radius 3 is 2.85 bits per heavy atom. The number of ether oxygens (including phenoxy) is 2. The zero-order valence-corrected chi connectivity index (χ0v) is 12.3. The van der Waals surface area contributed by atoms with Crippen molar-refractivity contribution < 1.29 is 9.47 Å². The largest absolute Gasteiger partial charge is 0.494 e. The maximum atomic E-state index is 5.39. The Labute approximate surface area is 120 Å². The number of para-hydroxylation sites is 1. The summed E-state index contributed by atoms with van der Waals surface area (Å²) in [4.78, 5) is 4.67. The standard InChI is InChI=1S/C16H22N2O2/c1-4-20-11-12(2)17-10-14-9-8-13-6-5-7-15(19-3)16(13)18-14/h5-9,12,17H,4,10-11H2,1-3H3. The molecule has 1 N–H and O–H groups in total. The van der Waals surface area contributed by atoms with Crippen molar-refractivity contribution in [1.29, 1.82) is 0 Å². The fourth-order valence-electron chi connectivity index (χ4n) is 2.06. The van der Waals surface area contributed by atoms with Crippen molar-refractivity contribution in [3.63, 3.8) is 0 Å². The minimum atomic E-state index is 0.310. The summed E-state index contributed by atoms with van der Waals surface area (Å²) in [5.74, 6) is 0.812. The van der Waals surface area contributed by atoms with Crippen LogP contribution < -0.4 is 10.1 Å². The molecule has 2 aromatic rings. The minimum absolute atomic E-state index is 0.310. The van der Waals surface area contributed by atoms with Gasteiger partial charge in [0.15, 0.2) is 0 Å². The van der Waals surface area contributed by atoms with Crippen LogP contribution in [-0.2, 0) is 11.3 Å². The van der Waals surface area contributed by atoms with E-state index in [4.69, 9.17) is 9.47 Å². The van der Waals surface area contributed by atoms with Gasteiger partial charge in [0, 0.05) is 24.6 Å². The van der Waals surface area contributed by atoms with Crippen molar-refractivity contribution in [2.24, 2.45) is 0 Å². The number of fused-ring (bicyclic) bond motifs is 1. The first kappa shape index (κ1) is 14.8. The Morgan fingerprint density at radius 2 is 2.10 bits per heavy atom. The molecule has 1 heterocycles. The summed E-state index contributed by atoms with van der Waals surface area (Å²) in [7, 11) is 1.67. The van der Waals surface area contributed by atoms with Crippen molar-refractivity contribution in [1.82, 2.24) is 10.3 Å². The van der Waals surface area contributed by atoms with Gasteiger partial charge in [-0.3, -0.25) is 0 Å². The highest BCUT2D eigenvalue weighted by Gasteiger charge is 2.06. The number of hydrogen-bond donors (Lipinski definition) is 1. The van der Waals surface area contributed by atoms with Gasteiger partial charge in [-0.2, -0.15) is 0 Å². The van der Waals surface area contributed by atoms with Crippen molar-refractivity contribution in [2.45, 2.75) is 26.4 Å². The summed E-state index contributed by atoms with van der Waals surface area (Å²) >= 11 is 0. The third-order valence-corrected chi connectivity index (χ3v) is 3.16. The lowest BCUT2D eigenvalue weighted by molar-refractivity contribution is 0.127. The molecule has 0 saturated carbocycles. The molecule has 4 nitrogen and oxygen atoms in total. The zero-order chi connectivity index (χ0) is 14.4. The fraction of sp³-hybridized carbons (Fsp3) is 0.438. The molecule has 0 aliphatic carbocycles. The van der Waals surface area contributed by atoms with Crippen LogP contribution in [0.4, 0.5) is 0 Å². The number of hydrogen-bond acceptors (Lipinski definition) is 4. The molecule has 0 amide bonds. The van der Waals surface area contributed by atoms with Crippen molar-refractivity contribution in [2.75, 3.05) is 20.3 Å². The summed E-state index contributed by atoms with van der Waals surface area (Å²) in [6.45, 7) is 6.30. The Hall–Kier alpha value is -1.65. The summed E-state index contributed by atoms with van der Waals surface area (Å²) in [5, 5.41) is 4.50. The highest BCUT2D eigenvalue weighted by atomic mass is 16.5. The molecule has 108 valence electrons. The molecule has 4 heteroatoms. The summed E-state index contributed by atoms with van der Waals surface area (Å²) in [5.41, 5.74) is 1.91. The molecule has 1 atom stereocenters. The van der Waals surface area contributed by atoms with Gasteiger partial charge in [-0.15, -0.1) is 0 Å². The number of benzene rings is 1. The second kappa shape index (κ2) is 7.22. The van der Waals surface area contributed by atoms with Gasteiger partial charge in [-0.25, -0.2) is 4.98 Å². The van der Waals surface area contributed by atoms with Gasteiger partial charge in [-0.1, -0.05) is 18.2 Å². The van der Waals surface area contributed by atoms with Crippen LogP contribution in [0.5, 0.6) is 5.75 Å². The van der Waals surface area contributed by atoms with Crippen LogP contribution in [0.2, 0.25) is 0 Å². The average molecular weight is 274 g/mol. The molecule has 0 fully saturated rings. The third-order valence-electron chi connectivity index (χ3n) is 3.16. The smallest absolute Gasteiger partial charge is 0.145 e. The highest BCUT2D eigenvalue weighted by Crippen LogP contribution is 2.23. The quantitative estimate of drug-likeness (QED) is 0.843. The van der Waals surface area contributed by atoms with Crippen LogP contribution in [0.3, 0.4) is 0 Å². The number of nitrogens with one attached hydrogen (secondary N) is 1. The molecule has 0 aliphatic heterocycles. The second-order valence-electron chi connectivity index (χ2n) is 4.78. The Bertz CT molecular complexity index is 557. The van der Waals surface area contributed by atoms with E-state index in [-0.39, 0.29) is 0 Å². The summed E-state index contributed by atoms with van der Waals surface area (Å²) < 4.78 is 10.7. The Kier molecular flexibility index (Phi) is 5.32. The number of aromatic nitrogens is 1. The monoisotopic (exact) mass is 274 g/mol. The van der Waals surface area contributed by atoms with Crippen LogP contribution in [0.1, 0.15) is 19.5 Å². The number of nitrogens with zero attached hydrogens (tertiary/aromatic N) is 1. The first-order valence-electron chi connectivity index (χ1n) is 6.98. The molecule has 0 bridgehead atoms. The maximum Gasteiger partial charge on any atom is 0.145 e. The molecule has 1 aromatic carbocycles. The number of pyridine rings is 1. The van der Waals surface area contributed by atoms with Crippen molar-refractivity contribution in [3.8, 4) is 5.75 Å². The van der Waals surface area contributed by atoms with E-state index in [0.717, 1.165) is 35.5 Å². The molecule has 0 spiro atoms. The van der Waals surface area contributed by atoms with Gasteiger partial charge < -0.3 is 14.8 Å². The van der Waals surface area contributed by atoms with E-state index >= 15 is 0 Å². The topological polar surface area (TPSA) is 43.4 Å². The minimum Gasteiger partial charge on any atom is -0.494 e. The normalized spacial score (nSPS) is 12.6. The van der Waals surface area contributed by atoms with E-state index in [1.165, 1.54) is 0 Å². The van der Waals surface area contributed by atoms with E-state index in [1.54, 1.807) is 7.11 Å². The fourth-order valence-corrected chi connectivity index (χ4v) is 2.06. The third kappa shape index (κ3) is 3.68. The van der Waals surface area contributed by atoms with E-state index in [1.807, 2.05) is 31.2 Å². The SMILES string of the molecule is CCOCC(C)NCc1ccc2cccc(OC)c2n1. The lowest BCUT2D eigenvalue weighted by atomic mass is 10.2. The number of methoxy groups -OCH3 is 1. The van der Waals surface area contributed by atoms with Crippen molar-refractivity contribution >= 4 is 10.9 Å². The molecule has 0 saturated heterocycles. The molecule has 2 rings (SSSR count). The first-order valence-corrected chi connectivity index (χ1v) is 6.98. The molecule has 1 aromatic heterocycles. The molecule has 0 aliphatic rings. The predicted octanol–water partition coefficient (Wildman–Crippen LogP) is 2.76. The summed E-state index contributed by atoms with van der Waals surface area (Å²) in [6, 6.07) is 10.4. The summed E-state index contributed by atoms with van der Waals surface area (Å²) in [6.07, 6.45) is 0. The van der Waals surface area contributed by atoms with Gasteiger partial charge >= 0.3 is 0 Å². The zero-order valence-electron chi connectivity index (χ0n) is 12.3. The predicted molar refractivity (Wildman–Crippen MR) is 81.1 cm³/mol. The van der Waals surface area contributed by atoms with E-state index in [9.17, 15) is 0 Å². The molecular weight excluding hydrogens is 252 g/mol. The lowest BCUT2D eigenvalue weighted by Crippen LogP contribution is -2.30. The second-order valence-corrected chi connectivity index (χ2v) is 4.78. The first-order chi connectivity index (χ1) is 9.74. The van der Waals surface area contributed by atoms with E-state index in [0.29, 0.717) is 12.6 Å². The van der Waals surface area contributed by atoms with Crippen LogP contribution in [0.15, 0.2) is 30.3 Å². The van der Waals surface area contributed by atoms with Crippen LogP contribution in [0.25, 0.3) is 10.9 Å². The number of rotatable bonds is 7. The molecule has 1 unspecified atom stereocenters. The van der Waals surface area contributed by atoms with E-state index in [2.05, 4.69) is 23.3 Å². The average Bonchev–Trinajstić information content (AvgIpc) is 2.50. The Balaban J connectivity index is 2.07. The molecule has 20 heavy (non-hydrogen) atoms. The Morgan fingerprint density at radius 1 is 1.25 bits per heavy atom. The van der Waals surface area contributed by atoms with Gasteiger partial charge in [-0.05, 0) is 26.0 Å². The molecule has 0 radical (unpaired) electrons. The van der Waals surface area contributed by atoms with Gasteiger partial charge in [0.25, 0.3) is 0 Å². The maximum absolute atomic E-state index is 5.39.